The van der Waals surface area contributed by atoms with Crippen molar-refractivity contribution in [3.63, 3.8) is 0 Å². The van der Waals surface area contributed by atoms with Crippen molar-refractivity contribution in [1.82, 2.24) is 15.3 Å². The van der Waals surface area contributed by atoms with Crippen molar-refractivity contribution in [2.75, 3.05) is 18.6 Å². The molecule has 0 fully saturated rings. The van der Waals surface area contributed by atoms with Gasteiger partial charge in [0.2, 0.25) is 5.88 Å². The van der Waals surface area contributed by atoms with Crippen molar-refractivity contribution in [2.45, 2.75) is 19.6 Å². The van der Waals surface area contributed by atoms with Gasteiger partial charge >= 0.3 is 0 Å². The van der Waals surface area contributed by atoms with E-state index in [-0.39, 0.29) is 12.4 Å². The summed E-state index contributed by atoms with van der Waals surface area (Å²) < 4.78 is 5.54. The first-order valence-corrected chi connectivity index (χ1v) is 10.4. The number of nitrogens with zero attached hydrogens (tertiary/aromatic N) is 5. The van der Waals surface area contributed by atoms with Crippen molar-refractivity contribution in [2.24, 2.45) is 16.1 Å². The summed E-state index contributed by atoms with van der Waals surface area (Å²) in [7, 11) is 1.60. The van der Waals surface area contributed by atoms with Crippen molar-refractivity contribution < 1.29 is 4.74 Å². The van der Waals surface area contributed by atoms with Crippen LogP contribution in [0.15, 0.2) is 58.7 Å². The molecular formula is C22H23ClN8O. The lowest BCUT2D eigenvalue weighted by Crippen LogP contribution is -2.23. The van der Waals surface area contributed by atoms with E-state index in [2.05, 4.69) is 25.4 Å². The number of hydrogen-bond donors (Lipinski definition) is 3. The minimum absolute atomic E-state index is 0.192. The van der Waals surface area contributed by atoms with Crippen LogP contribution in [0, 0.1) is 5.53 Å². The molecule has 4 N–H and O–H groups in total. The molecule has 0 spiro atoms. The summed E-state index contributed by atoms with van der Waals surface area (Å²) in [6.45, 7) is 1.81. The molecule has 0 radical (unpaired) electrons. The minimum atomic E-state index is 0.192. The summed E-state index contributed by atoms with van der Waals surface area (Å²) >= 11 is 6.83. The molecule has 0 saturated carbocycles. The zero-order chi connectivity index (χ0) is 22.5. The molecule has 1 aliphatic heterocycles. The van der Waals surface area contributed by atoms with Crippen LogP contribution in [-0.4, -0.2) is 29.5 Å². The van der Waals surface area contributed by atoms with Crippen LogP contribution < -0.4 is 20.8 Å². The maximum atomic E-state index is 7.01. The topological polar surface area (TPSA) is 125 Å². The molecule has 0 aliphatic carbocycles. The monoisotopic (exact) mass is 450 g/mol. The standard InChI is InChI=1S/C22H23ClN8O/c1-32-22-16-12-31(13-17(16)27-19(28-22)10-26-11-20(29-24)30-25)18-9-5-8-15(21(18)23)14-6-3-2-4-7-14/h2-9,24,26H,10-13,25H2,1H3. The number of hydrogen-bond acceptors (Lipinski definition) is 8. The number of benzene rings is 2. The summed E-state index contributed by atoms with van der Waals surface area (Å²) in [6, 6.07) is 16.1. The number of aromatic nitrogens is 2. The molecule has 1 aromatic heterocycles. The Balaban J connectivity index is 1.57. The Morgan fingerprint density at radius 3 is 2.72 bits per heavy atom. The van der Waals surface area contributed by atoms with Crippen LogP contribution in [-0.2, 0) is 19.6 Å². The Bertz CT molecular complexity index is 1150. The summed E-state index contributed by atoms with van der Waals surface area (Å²) in [5.41, 5.74) is 11.8. The van der Waals surface area contributed by atoms with Crippen LogP contribution >= 0.6 is 11.6 Å². The molecule has 0 saturated heterocycles. The number of halogens is 1. The molecular weight excluding hydrogens is 428 g/mol. The molecule has 2 heterocycles. The van der Waals surface area contributed by atoms with Gasteiger partial charge in [-0.1, -0.05) is 54.1 Å². The fraction of sp³-hybridized carbons (Fsp3) is 0.227. The van der Waals surface area contributed by atoms with E-state index in [1.54, 1.807) is 7.11 Å². The van der Waals surface area contributed by atoms with Gasteiger partial charge in [0, 0.05) is 5.56 Å². The third kappa shape index (κ3) is 4.39. The lowest BCUT2D eigenvalue weighted by molar-refractivity contribution is 0.389. The largest absolute Gasteiger partial charge is 0.481 e. The third-order valence-corrected chi connectivity index (χ3v) is 5.63. The zero-order valence-electron chi connectivity index (χ0n) is 17.5. The Morgan fingerprint density at radius 1 is 1.19 bits per heavy atom. The maximum Gasteiger partial charge on any atom is 0.221 e. The number of ether oxygens (including phenoxy) is 1. The fourth-order valence-corrected chi connectivity index (χ4v) is 4.05. The van der Waals surface area contributed by atoms with Gasteiger partial charge in [-0.2, -0.15) is 10.1 Å². The molecule has 9 nitrogen and oxygen atoms in total. The quantitative estimate of drug-likeness (QED) is 0.166. The molecule has 0 atom stereocenters. The number of rotatable bonds is 7. The van der Waals surface area contributed by atoms with Crippen LogP contribution in [0.4, 0.5) is 5.69 Å². The van der Waals surface area contributed by atoms with Gasteiger partial charge in [-0.15, -0.1) is 5.11 Å². The van der Waals surface area contributed by atoms with Crippen molar-refractivity contribution >= 4 is 23.1 Å². The smallest absolute Gasteiger partial charge is 0.221 e. The lowest BCUT2D eigenvalue weighted by atomic mass is 10.0. The second kappa shape index (κ2) is 9.71. The first-order valence-electron chi connectivity index (χ1n) is 10.0. The predicted molar refractivity (Wildman–Crippen MR) is 124 cm³/mol. The third-order valence-electron chi connectivity index (χ3n) is 5.23. The summed E-state index contributed by atoms with van der Waals surface area (Å²) in [6.07, 6.45) is 0. The highest BCUT2D eigenvalue weighted by atomic mass is 35.5. The summed E-state index contributed by atoms with van der Waals surface area (Å²) in [5, 5.41) is 10.4. The van der Waals surface area contributed by atoms with E-state index in [1.807, 2.05) is 48.5 Å². The fourth-order valence-electron chi connectivity index (χ4n) is 3.70. The molecule has 0 unspecified atom stereocenters. The van der Waals surface area contributed by atoms with Gasteiger partial charge in [-0.3, -0.25) is 0 Å². The number of amidine groups is 1. The first-order chi connectivity index (χ1) is 15.6. The van der Waals surface area contributed by atoms with E-state index in [9.17, 15) is 0 Å². The van der Waals surface area contributed by atoms with Gasteiger partial charge < -0.3 is 20.8 Å². The average Bonchev–Trinajstić information content (AvgIpc) is 3.26. The zero-order valence-corrected chi connectivity index (χ0v) is 18.3. The summed E-state index contributed by atoms with van der Waals surface area (Å²) in [5.74, 6) is 6.49. The van der Waals surface area contributed by atoms with E-state index in [1.165, 1.54) is 0 Å². The van der Waals surface area contributed by atoms with Crippen molar-refractivity contribution in [1.29, 1.82) is 5.53 Å². The number of nitrogens with one attached hydrogen (secondary N) is 2. The van der Waals surface area contributed by atoms with E-state index in [4.69, 9.17) is 32.7 Å². The number of nitrogens with two attached hydrogens (primary N) is 1. The van der Waals surface area contributed by atoms with Gasteiger partial charge in [0.05, 0.1) is 55.3 Å². The highest BCUT2D eigenvalue weighted by Crippen LogP contribution is 2.40. The summed E-state index contributed by atoms with van der Waals surface area (Å²) in [4.78, 5) is 11.4. The molecule has 1 aliphatic rings. The molecule has 2 aromatic carbocycles. The number of fused-ring (bicyclic) bond motifs is 1. The Kier molecular flexibility index (Phi) is 6.58. The second-order valence-electron chi connectivity index (χ2n) is 7.20. The van der Waals surface area contributed by atoms with E-state index >= 15 is 0 Å². The second-order valence-corrected chi connectivity index (χ2v) is 7.57. The van der Waals surface area contributed by atoms with Crippen molar-refractivity contribution in [3.8, 4) is 17.0 Å². The minimum Gasteiger partial charge on any atom is -0.481 e. The molecule has 32 heavy (non-hydrogen) atoms. The molecule has 164 valence electrons. The highest BCUT2D eigenvalue weighted by molar-refractivity contribution is 6.36. The average molecular weight is 451 g/mol. The van der Waals surface area contributed by atoms with E-state index in [0.717, 1.165) is 28.1 Å². The highest BCUT2D eigenvalue weighted by Gasteiger charge is 2.28. The van der Waals surface area contributed by atoms with Crippen LogP contribution in [0.3, 0.4) is 0 Å². The first kappa shape index (κ1) is 21.7. The Morgan fingerprint density at radius 2 is 2.00 bits per heavy atom. The van der Waals surface area contributed by atoms with Gasteiger partial charge in [-0.25, -0.2) is 10.5 Å². The number of methoxy groups -OCH3 is 1. The van der Waals surface area contributed by atoms with Gasteiger partial charge in [0.15, 0.2) is 5.84 Å². The van der Waals surface area contributed by atoms with Gasteiger partial charge in [-0.05, 0) is 11.6 Å². The predicted octanol–water partition coefficient (Wildman–Crippen LogP) is 3.72. The molecule has 0 bridgehead atoms. The maximum absolute atomic E-state index is 7.01. The molecule has 10 heteroatoms. The van der Waals surface area contributed by atoms with Crippen LogP contribution in [0.5, 0.6) is 5.88 Å². The van der Waals surface area contributed by atoms with Crippen LogP contribution in [0.25, 0.3) is 11.1 Å². The Labute approximate surface area is 190 Å². The molecule has 0 amide bonds. The number of hydrazone groups is 1. The SMILES string of the molecule is COc1nc(CNCC(N=N)=NN)nc2c1CN(c1cccc(-c3ccccc3)c1Cl)C2. The van der Waals surface area contributed by atoms with E-state index < -0.39 is 0 Å². The lowest BCUT2D eigenvalue weighted by Gasteiger charge is -2.20. The molecule has 4 rings (SSSR count). The number of anilines is 1. The Hall–Kier alpha value is -3.56. The van der Waals surface area contributed by atoms with E-state index in [0.29, 0.717) is 36.4 Å². The molecule has 3 aromatic rings. The van der Waals surface area contributed by atoms with Crippen LogP contribution in [0.2, 0.25) is 5.02 Å². The van der Waals surface area contributed by atoms with Gasteiger partial charge in [0.25, 0.3) is 0 Å². The van der Waals surface area contributed by atoms with Gasteiger partial charge in [0.1, 0.15) is 5.82 Å². The van der Waals surface area contributed by atoms with Crippen LogP contribution in [0.1, 0.15) is 17.1 Å². The van der Waals surface area contributed by atoms with Crippen molar-refractivity contribution in [3.05, 3.63) is 70.6 Å². The normalized spacial score (nSPS) is 13.2.